The van der Waals surface area contributed by atoms with Crippen LogP contribution in [0.5, 0.6) is 5.75 Å². The Morgan fingerprint density at radius 2 is 1.35 bits per heavy atom. The van der Waals surface area contributed by atoms with E-state index in [1.54, 1.807) is 17.8 Å². The fraction of sp³-hybridized carbons (Fsp3) is 0.231. The molecule has 0 atom stereocenters. The summed E-state index contributed by atoms with van der Waals surface area (Å²) in [6.45, 7) is 13.4. The number of para-hydroxylation sites is 2. The van der Waals surface area contributed by atoms with Gasteiger partial charge >= 0.3 is 0 Å². The van der Waals surface area contributed by atoms with Gasteiger partial charge in [0.1, 0.15) is 11.6 Å². The summed E-state index contributed by atoms with van der Waals surface area (Å²) >= 11 is 0. The van der Waals surface area contributed by atoms with Gasteiger partial charge in [-0.2, -0.15) is 0 Å². The SMILES string of the molecule is [2H]c1c([2H])c([2H])c(-c2nc3c(-c4cc(-c5cc(C(C)(C)C)cc(C(C)(C)C)c5)cc(-c5ccccn5)c4)cccc3n2C)c(O)c1[2H]. The number of phenolic OH excluding ortho intramolecular Hbond substituents is 1. The molecule has 216 valence electrons. The lowest BCUT2D eigenvalue weighted by Crippen LogP contribution is -2.16. The molecule has 0 bridgehead atoms. The maximum absolute atomic E-state index is 10.9. The van der Waals surface area contributed by atoms with E-state index >= 15 is 0 Å². The summed E-state index contributed by atoms with van der Waals surface area (Å²) in [5, 5.41) is 10.9. The average Bonchev–Trinajstić information content (AvgIpc) is 3.37. The number of phenols is 1. The number of pyridine rings is 1. The fourth-order valence-corrected chi connectivity index (χ4v) is 5.43. The molecule has 4 heteroatoms. The maximum Gasteiger partial charge on any atom is 0.144 e. The van der Waals surface area contributed by atoms with Gasteiger partial charge in [-0.25, -0.2) is 4.98 Å². The quantitative estimate of drug-likeness (QED) is 0.230. The first kappa shape index (κ1) is 23.8. The summed E-state index contributed by atoms with van der Waals surface area (Å²) in [5.74, 6) is -0.269. The number of aryl methyl sites for hydroxylation is 1. The van der Waals surface area contributed by atoms with E-state index in [-0.39, 0.29) is 28.3 Å². The van der Waals surface area contributed by atoms with Crippen molar-refractivity contribution in [1.29, 1.82) is 0 Å². The minimum atomic E-state index is -0.524. The average molecular weight is 570 g/mol. The predicted octanol–water partition coefficient (Wildman–Crippen LogP) is 9.94. The molecule has 0 aliphatic heterocycles. The topological polar surface area (TPSA) is 50.9 Å². The molecule has 0 amide bonds. The van der Waals surface area contributed by atoms with Crippen LogP contribution in [0.2, 0.25) is 0 Å². The molecule has 0 saturated carbocycles. The highest BCUT2D eigenvalue weighted by molar-refractivity contribution is 5.96. The van der Waals surface area contributed by atoms with E-state index in [4.69, 9.17) is 10.5 Å². The zero-order valence-electron chi connectivity index (χ0n) is 29.8. The van der Waals surface area contributed by atoms with Crippen molar-refractivity contribution in [3.05, 3.63) is 114 Å². The van der Waals surface area contributed by atoms with E-state index < -0.39 is 23.9 Å². The second-order valence-electron chi connectivity index (χ2n) is 13.2. The number of aromatic hydroxyl groups is 1. The smallest absolute Gasteiger partial charge is 0.144 e. The van der Waals surface area contributed by atoms with E-state index in [9.17, 15) is 5.11 Å². The third-order valence-corrected chi connectivity index (χ3v) is 8.01. The lowest BCUT2D eigenvalue weighted by atomic mass is 9.78. The molecule has 6 rings (SSSR count). The van der Waals surface area contributed by atoms with Crippen LogP contribution in [0.3, 0.4) is 0 Å². The van der Waals surface area contributed by atoms with Gasteiger partial charge in [-0.1, -0.05) is 90.0 Å². The van der Waals surface area contributed by atoms with Gasteiger partial charge in [-0.05, 0) is 87.1 Å². The van der Waals surface area contributed by atoms with Crippen molar-refractivity contribution in [2.75, 3.05) is 0 Å². The van der Waals surface area contributed by atoms with Crippen molar-refractivity contribution in [3.63, 3.8) is 0 Å². The van der Waals surface area contributed by atoms with Crippen molar-refractivity contribution in [2.24, 2.45) is 7.05 Å². The van der Waals surface area contributed by atoms with Crippen molar-refractivity contribution in [2.45, 2.75) is 52.4 Å². The standard InChI is InChI=1S/C39H39N3O/c1-38(2,3)29-22-26(23-30(24-29)39(4,5)6)25-19-27(21-28(20-25)33-15-10-11-18-40-33)31-14-12-16-34-36(31)41-37(42(34)7)32-13-8-9-17-35(32)43/h8-24,43H,1-7H3/i8D,9D,13D,17D. The van der Waals surface area contributed by atoms with Gasteiger partial charge in [-0.15, -0.1) is 0 Å². The molecule has 2 heterocycles. The van der Waals surface area contributed by atoms with Gasteiger partial charge < -0.3 is 9.67 Å². The number of aromatic nitrogens is 3. The first-order valence-corrected chi connectivity index (χ1v) is 14.5. The number of fused-ring (bicyclic) bond motifs is 1. The predicted molar refractivity (Wildman–Crippen MR) is 179 cm³/mol. The molecule has 4 nitrogen and oxygen atoms in total. The highest BCUT2D eigenvalue weighted by Gasteiger charge is 2.22. The van der Waals surface area contributed by atoms with Gasteiger partial charge in [0.25, 0.3) is 0 Å². The molecular formula is C39H39N3O. The van der Waals surface area contributed by atoms with Crippen LogP contribution in [0.25, 0.3) is 55.9 Å². The second-order valence-corrected chi connectivity index (χ2v) is 13.2. The third kappa shape index (κ3) is 5.46. The number of imidazole rings is 1. The minimum Gasteiger partial charge on any atom is -0.507 e. The van der Waals surface area contributed by atoms with Crippen molar-refractivity contribution >= 4 is 11.0 Å². The highest BCUT2D eigenvalue weighted by Crippen LogP contribution is 2.40. The van der Waals surface area contributed by atoms with Crippen LogP contribution in [-0.2, 0) is 17.9 Å². The maximum atomic E-state index is 10.9. The summed E-state index contributed by atoms with van der Waals surface area (Å²) < 4.78 is 34.7. The molecule has 1 N–H and O–H groups in total. The first-order chi connectivity index (χ1) is 22.1. The minimum absolute atomic E-state index is 0.0303. The Kier molecular flexibility index (Phi) is 5.84. The Labute approximate surface area is 260 Å². The molecular weight excluding hydrogens is 526 g/mol. The van der Waals surface area contributed by atoms with Crippen molar-refractivity contribution in [1.82, 2.24) is 14.5 Å². The first-order valence-electron chi connectivity index (χ1n) is 16.5. The van der Waals surface area contributed by atoms with Crippen LogP contribution in [0, 0.1) is 0 Å². The van der Waals surface area contributed by atoms with Crippen LogP contribution in [0.15, 0.2) is 103 Å². The molecule has 6 aromatic rings. The van der Waals surface area contributed by atoms with Crippen LogP contribution >= 0.6 is 0 Å². The van der Waals surface area contributed by atoms with Gasteiger partial charge in [0.2, 0.25) is 0 Å². The molecule has 0 fully saturated rings. The van der Waals surface area contributed by atoms with Crippen LogP contribution in [-0.4, -0.2) is 19.6 Å². The number of benzene rings is 4. The molecule has 0 aliphatic carbocycles. The summed E-state index contributed by atoms with van der Waals surface area (Å²) in [7, 11) is 1.79. The molecule has 43 heavy (non-hydrogen) atoms. The normalized spacial score (nSPS) is 13.5. The molecule has 0 spiro atoms. The number of nitrogens with zero attached hydrogens (tertiary/aromatic N) is 3. The zero-order chi connectivity index (χ0) is 34.0. The van der Waals surface area contributed by atoms with Gasteiger partial charge in [0.15, 0.2) is 0 Å². The highest BCUT2D eigenvalue weighted by atomic mass is 16.3. The molecule has 2 aromatic heterocycles. The third-order valence-electron chi connectivity index (χ3n) is 8.01. The fourth-order valence-electron chi connectivity index (χ4n) is 5.43. The summed E-state index contributed by atoms with van der Waals surface area (Å²) in [4.78, 5) is 9.61. The Morgan fingerprint density at radius 1 is 0.698 bits per heavy atom. The summed E-state index contributed by atoms with van der Waals surface area (Å²) in [6.07, 6.45) is 1.79. The molecule has 0 aliphatic rings. The van der Waals surface area contributed by atoms with Gasteiger partial charge in [0, 0.05) is 24.4 Å². The summed E-state index contributed by atoms with van der Waals surface area (Å²) in [6, 6.07) is 23.4. The largest absolute Gasteiger partial charge is 0.507 e. The molecule has 4 aromatic carbocycles. The Morgan fingerprint density at radius 3 is 2.02 bits per heavy atom. The van der Waals surface area contributed by atoms with Crippen molar-refractivity contribution in [3.8, 4) is 50.6 Å². The molecule has 0 saturated heterocycles. The van der Waals surface area contributed by atoms with E-state index in [2.05, 4.69) is 82.9 Å². The Balaban J connectivity index is 1.63. The Bertz CT molecular complexity index is 2110. The number of hydrogen-bond donors (Lipinski definition) is 1. The summed E-state index contributed by atoms with van der Waals surface area (Å²) in [5.41, 5.74) is 9.54. The van der Waals surface area contributed by atoms with E-state index in [0.29, 0.717) is 5.52 Å². The number of hydrogen-bond acceptors (Lipinski definition) is 3. The zero-order valence-corrected chi connectivity index (χ0v) is 25.8. The monoisotopic (exact) mass is 569 g/mol. The second kappa shape index (κ2) is 10.5. The lowest BCUT2D eigenvalue weighted by Gasteiger charge is -2.26. The van der Waals surface area contributed by atoms with Crippen LogP contribution in [0.1, 0.15) is 58.2 Å². The van der Waals surface area contributed by atoms with Crippen LogP contribution in [0.4, 0.5) is 0 Å². The van der Waals surface area contributed by atoms with E-state index in [1.165, 1.54) is 11.1 Å². The lowest BCUT2D eigenvalue weighted by molar-refractivity contribution is 0.476. The Hall–Kier alpha value is -4.70. The number of rotatable bonds is 4. The van der Waals surface area contributed by atoms with Crippen LogP contribution < -0.4 is 0 Å². The van der Waals surface area contributed by atoms with Gasteiger partial charge in [0.05, 0.1) is 27.8 Å². The van der Waals surface area contributed by atoms with Crippen molar-refractivity contribution < 1.29 is 10.6 Å². The van der Waals surface area contributed by atoms with Gasteiger partial charge in [-0.3, -0.25) is 4.98 Å². The van der Waals surface area contributed by atoms with E-state index in [0.717, 1.165) is 39.0 Å². The van der Waals surface area contributed by atoms with E-state index in [1.807, 2.05) is 36.4 Å². The molecule has 0 radical (unpaired) electrons. The molecule has 0 unspecified atom stereocenters.